The topological polar surface area (TPSA) is 77.8 Å². The maximum atomic E-state index is 10.7. The van der Waals surface area contributed by atoms with Gasteiger partial charge in [-0.25, -0.2) is 0 Å². The molecule has 0 bridgehead atoms. The third-order valence-electron chi connectivity index (χ3n) is 2.58. The summed E-state index contributed by atoms with van der Waals surface area (Å²) in [6.07, 6.45) is 0. The summed E-state index contributed by atoms with van der Waals surface area (Å²) in [6, 6.07) is 7.32. The summed E-state index contributed by atoms with van der Waals surface area (Å²) in [5.74, 6) is -2.07. The number of aliphatic carboxylic acids is 2. The normalized spacial score (nSPS) is 12.4. The maximum Gasteiger partial charge on any atom is 0.317 e. The van der Waals surface area contributed by atoms with Crippen molar-refractivity contribution in [3.63, 3.8) is 0 Å². The van der Waals surface area contributed by atoms with Crippen molar-refractivity contribution in [2.24, 2.45) is 0 Å². The monoisotopic (exact) mass is 363 g/mol. The van der Waals surface area contributed by atoms with Gasteiger partial charge < -0.3 is 10.2 Å². The highest BCUT2D eigenvalue weighted by atomic mass is 127. The van der Waals surface area contributed by atoms with Gasteiger partial charge in [0.25, 0.3) is 0 Å². The van der Waals surface area contributed by atoms with E-state index in [9.17, 15) is 9.59 Å². The molecule has 0 radical (unpaired) electrons. The summed E-state index contributed by atoms with van der Waals surface area (Å²) < 4.78 is 1.08. The van der Waals surface area contributed by atoms with Crippen LogP contribution < -0.4 is 0 Å². The quantitative estimate of drug-likeness (QED) is 0.754. The fourth-order valence-corrected chi connectivity index (χ4v) is 1.99. The third-order valence-corrected chi connectivity index (χ3v) is 3.30. The lowest BCUT2D eigenvalue weighted by molar-refractivity contribution is -0.142. The Morgan fingerprint density at radius 1 is 1.17 bits per heavy atom. The first kappa shape index (κ1) is 14.9. The Bertz CT molecular complexity index is 416. The van der Waals surface area contributed by atoms with Gasteiger partial charge in [-0.05, 0) is 47.2 Å². The van der Waals surface area contributed by atoms with Gasteiger partial charge in [0.1, 0.15) is 0 Å². The number of halogens is 1. The average Bonchev–Trinajstić information content (AvgIpc) is 2.27. The average molecular weight is 363 g/mol. The van der Waals surface area contributed by atoms with Crippen LogP contribution in [0.4, 0.5) is 0 Å². The molecule has 1 aromatic carbocycles. The van der Waals surface area contributed by atoms with Crippen LogP contribution >= 0.6 is 22.6 Å². The van der Waals surface area contributed by atoms with Crippen molar-refractivity contribution in [3.8, 4) is 0 Å². The molecule has 2 N–H and O–H groups in total. The molecule has 5 nitrogen and oxygen atoms in total. The van der Waals surface area contributed by atoms with Crippen LogP contribution in [0.1, 0.15) is 18.5 Å². The van der Waals surface area contributed by atoms with Crippen molar-refractivity contribution in [1.29, 1.82) is 0 Å². The highest BCUT2D eigenvalue weighted by Gasteiger charge is 2.20. The number of benzene rings is 1. The minimum absolute atomic E-state index is 0.255. The lowest BCUT2D eigenvalue weighted by Crippen LogP contribution is -2.36. The zero-order valence-electron chi connectivity index (χ0n) is 9.84. The van der Waals surface area contributed by atoms with Crippen LogP contribution in [0, 0.1) is 3.57 Å². The largest absolute Gasteiger partial charge is 0.480 e. The molecule has 0 saturated carbocycles. The van der Waals surface area contributed by atoms with Crippen LogP contribution in [-0.2, 0) is 9.59 Å². The summed E-state index contributed by atoms with van der Waals surface area (Å²) in [5, 5.41) is 17.6. The maximum absolute atomic E-state index is 10.7. The van der Waals surface area contributed by atoms with Gasteiger partial charge in [-0.3, -0.25) is 14.5 Å². The van der Waals surface area contributed by atoms with Crippen LogP contribution in [0.2, 0.25) is 0 Å². The number of rotatable bonds is 6. The van der Waals surface area contributed by atoms with Gasteiger partial charge >= 0.3 is 11.9 Å². The van der Waals surface area contributed by atoms with Crippen molar-refractivity contribution in [2.75, 3.05) is 13.1 Å². The van der Waals surface area contributed by atoms with E-state index in [1.807, 2.05) is 24.3 Å². The van der Waals surface area contributed by atoms with E-state index in [4.69, 9.17) is 10.2 Å². The Balaban J connectivity index is 2.86. The summed E-state index contributed by atoms with van der Waals surface area (Å²) >= 11 is 2.18. The smallest absolute Gasteiger partial charge is 0.317 e. The zero-order valence-corrected chi connectivity index (χ0v) is 12.0. The van der Waals surface area contributed by atoms with E-state index in [1.54, 1.807) is 6.92 Å². The lowest BCUT2D eigenvalue weighted by Gasteiger charge is -2.26. The molecule has 1 unspecified atom stereocenters. The predicted octanol–water partition coefficient (Wildman–Crippen LogP) is 1.82. The second-order valence-corrected chi connectivity index (χ2v) is 5.17. The number of nitrogens with zero attached hydrogens (tertiary/aromatic N) is 1. The molecule has 0 amide bonds. The van der Waals surface area contributed by atoms with Crippen LogP contribution in [0.15, 0.2) is 24.3 Å². The molecule has 0 spiro atoms. The number of hydrogen-bond donors (Lipinski definition) is 2. The Morgan fingerprint density at radius 2 is 1.61 bits per heavy atom. The predicted molar refractivity (Wildman–Crippen MR) is 74.4 cm³/mol. The van der Waals surface area contributed by atoms with Gasteiger partial charge in [0, 0.05) is 9.61 Å². The molecule has 0 aliphatic heterocycles. The molecule has 0 aliphatic rings. The van der Waals surface area contributed by atoms with Crippen molar-refractivity contribution >= 4 is 34.5 Å². The fraction of sp³-hybridized carbons (Fsp3) is 0.333. The minimum atomic E-state index is -1.03. The van der Waals surface area contributed by atoms with Crippen LogP contribution in [0.3, 0.4) is 0 Å². The van der Waals surface area contributed by atoms with Crippen molar-refractivity contribution < 1.29 is 19.8 Å². The van der Waals surface area contributed by atoms with Crippen molar-refractivity contribution in [2.45, 2.75) is 13.0 Å². The fourth-order valence-electron chi connectivity index (χ4n) is 1.63. The molecule has 0 saturated heterocycles. The van der Waals surface area contributed by atoms with Gasteiger partial charge in [-0.1, -0.05) is 12.1 Å². The summed E-state index contributed by atoms with van der Waals surface area (Å²) in [7, 11) is 0. The minimum Gasteiger partial charge on any atom is -0.480 e. The Kier molecular flexibility index (Phi) is 5.54. The Labute approximate surface area is 119 Å². The van der Waals surface area contributed by atoms with E-state index in [0.717, 1.165) is 9.13 Å². The van der Waals surface area contributed by atoms with Gasteiger partial charge in [0.15, 0.2) is 0 Å². The molecule has 1 atom stereocenters. The Hall–Kier alpha value is -1.15. The third kappa shape index (κ3) is 4.61. The number of carboxylic acid groups (broad SMARTS) is 2. The lowest BCUT2D eigenvalue weighted by atomic mass is 10.1. The number of carbonyl (C=O) groups is 2. The summed E-state index contributed by atoms with van der Waals surface area (Å²) in [4.78, 5) is 22.9. The van der Waals surface area contributed by atoms with E-state index >= 15 is 0 Å². The van der Waals surface area contributed by atoms with Crippen LogP contribution in [0.25, 0.3) is 0 Å². The molecule has 0 aromatic heterocycles. The first-order valence-electron chi connectivity index (χ1n) is 5.33. The first-order valence-corrected chi connectivity index (χ1v) is 6.41. The number of hydrogen-bond acceptors (Lipinski definition) is 3. The van der Waals surface area contributed by atoms with E-state index in [0.29, 0.717) is 0 Å². The molecule has 1 rings (SSSR count). The van der Waals surface area contributed by atoms with Crippen molar-refractivity contribution in [1.82, 2.24) is 4.90 Å². The zero-order chi connectivity index (χ0) is 13.7. The van der Waals surface area contributed by atoms with Gasteiger partial charge in [0.05, 0.1) is 13.1 Å². The molecular weight excluding hydrogens is 349 g/mol. The standard InChI is InChI=1S/C12H14INO4/c1-8(9-2-4-10(13)5-3-9)14(6-11(15)16)7-12(17)18/h2-5,8H,6-7H2,1H3,(H,15,16)(H,17,18). The summed E-state index contributed by atoms with van der Waals surface area (Å²) in [5.41, 5.74) is 0.901. The molecule has 0 fully saturated rings. The molecule has 0 heterocycles. The van der Waals surface area contributed by atoms with E-state index in [1.165, 1.54) is 4.90 Å². The van der Waals surface area contributed by atoms with Gasteiger partial charge in [-0.2, -0.15) is 0 Å². The molecule has 98 valence electrons. The second kappa shape index (κ2) is 6.69. The molecule has 0 aliphatic carbocycles. The molecule has 6 heteroatoms. The van der Waals surface area contributed by atoms with Gasteiger partial charge in [0.2, 0.25) is 0 Å². The van der Waals surface area contributed by atoms with Crippen LogP contribution in [0.5, 0.6) is 0 Å². The molecular formula is C12H14INO4. The second-order valence-electron chi connectivity index (χ2n) is 3.92. The van der Waals surface area contributed by atoms with Crippen LogP contribution in [-0.4, -0.2) is 40.1 Å². The number of carboxylic acids is 2. The first-order chi connectivity index (χ1) is 8.40. The van der Waals surface area contributed by atoms with E-state index in [2.05, 4.69) is 22.6 Å². The highest BCUT2D eigenvalue weighted by molar-refractivity contribution is 14.1. The van der Waals surface area contributed by atoms with E-state index in [-0.39, 0.29) is 19.1 Å². The highest BCUT2D eigenvalue weighted by Crippen LogP contribution is 2.20. The van der Waals surface area contributed by atoms with Gasteiger partial charge in [-0.15, -0.1) is 0 Å². The van der Waals surface area contributed by atoms with E-state index < -0.39 is 11.9 Å². The molecule has 1 aromatic rings. The Morgan fingerprint density at radius 3 is 2.00 bits per heavy atom. The SMILES string of the molecule is CC(c1ccc(I)cc1)N(CC(=O)O)CC(=O)O. The van der Waals surface area contributed by atoms with Crippen molar-refractivity contribution in [3.05, 3.63) is 33.4 Å². The molecule has 18 heavy (non-hydrogen) atoms. The summed E-state index contributed by atoms with van der Waals surface area (Å²) in [6.45, 7) is 1.22.